The van der Waals surface area contributed by atoms with Crippen LogP contribution in [0.15, 0.2) is 103 Å². The molecule has 0 aliphatic heterocycles. The zero-order valence-electron chi connectivity index (χ0n) is 16.4. The summed E-state index contributed by atoms with van der Waals surface area (Å²) < 4.78 is 3.60. The molecule has 4 rings (SSSR count). The second-order valence-electron chi connectivity index (χ2n) is 6.67. The predicted molar refractivity (Wildman–Crippen MR) is 104 cm³/mol. The van der Waals surface area contributed by atoms with Gasteiger partial charge in [0, 0.05) is 0 Å². The van der Waals surface area contributed by atoms with E-state index >= 15 is 0 Å². The van der Waals surface area contributed by atoms with Crippen molar-refractivity contribution < 1.29 is 25.8 Å². The quantitative estimate of drug-likeness (QED) is 0.422. The largest absolute Gasteiger partial charge is 1.00 e. The summed E-state index contributed by atoms with van der Waals surface area (Å²) in [5, 5.41) is 0. The smallest absolute Gasteiger partial charge is 1.00 e. The molecule has 126 valence electrons. The van der Waals surface area contributed by atoms with Crippen LogP contribution >= 0.6 is 0 Å². The predicted octanol–water partition coefficient (Wildman–Crippen LogP) is 6.21. The molecule has 0 nitrogen and oxygen atoms in total. The van der Waals surface area contributed by atoms with Gasteiger partial charge in [-0.05, 0) is 0 Å². The van der Waals surface area contributed by atoms with E-state index in [4.69, 9.17) is 0 Å². The average Bonchev–Trinajstić information content (AvgIpc) is 3.27. The molecule has 0 unspecified atom stereocenters. The number of allylic oxidation sites excluding steroid dienone is 8. The summed E-state index contributed by atoms with van der Waals surface area (Å²) in [6.45, 7) is 0. The minimum atomic E-state index is -0.911. The number of hydrogen-bond acceptors (Lipinski definition) is 0. The van der Waals surface area contributed by atoms with Crippen molar-refractivity contribution in [2.45, 2.75) is 25.7 Å². The van der Waals surface area contributed by atoms with Gasteiger partial charge in [0.25, 0.3) is 0 Å². The molecule has 0 saturated carbocycles. The van der Waals surface area contributed by atoms with Crippen LogP contribution in [-0.4, -0.2) is 0 Å². The van der Waals surface area contributed by atoms with Crippen molar-refractivity contribution in [1.29, 1.82) is 0 Å². The molecule has 1 heteroatoms. The van der Waals surface area contributed by atoms with Gasteiger partial charge in [-0.1, -0.05) is 0 Å². The summed E-state index contributed by atoms with van der Waals surface area (Å²) in [5.74, 6) is 0. The molecule has 0 heterocycles. The maximum atomic E-state index is 2.38. The van der Waals surface area contributed by atoms with Crippen molar-refractivity contribution in [2.24, 2.45) is 0 Å². The molecule has 2 aromatic rings. The molecule has 0 N–H and O–H groups in total. The fourth-order valence-corrected chi connectivity index (χ4v) is 8.79. The van der Waals surface area contributed by atoms with Gasteiger partial charge >= 0.3 is 162 Å². The summed E-state index contributed by atoms with van der Waals surface area (Å²) in [4.78, 5) is 0. The first-order chi connectivity index (χ1) is 12.4. The maximum Gasteiger partial charge on any atom is -1.00 e. The third-order valence-electron chi connectivity index (χ3n) is 4.83. The fourth-order valence-electron chi connectivity index (χ4n) is 3.51. The molecule has 2 aromatic carbocycles. The van der Waals surface area contributed by atoms with E-state index in [1.165, 1.54) is 24.0 Å². The molecule has 0 aromatic heterocycles. The molecule has 0 saturated heterocycles. The molecule has 0 spiro atoms. The molecule has 0 fully saturated rings. The Labute approximate surface area is 165 Å². The molecule has 0 atom stereocenters. The molecule has 0 radical (unpaired) electrons. The summed E-state index contributed by atoms with van der Waals surface area (Å²) in [7, 11) is 0. The van der Waals surface area contributed by atoms with Crippen LogP contribution in [0.1, 0.15) is 26.8 Å². The van der Waals surface area contributed by atoms with Gasteiger partial charge in [-0.2, -0.15) is 0 Å². The van der Waals surface area contributed by atoms with Crippen LogP contribution in [0.2, 0.25) is 0 Å². The van der Waals surface area contributed by atoms with Gasteiger partial charge in [-0.3, -0.25) is 0 Å². The maximum absolute atomic E-state index is 2.38. The molecule has 2 aliphatic carbocycles. The van der Waals surface area contributed by atoms with E-state index in [1.807, 2.05) is 0 Å². The number of rotatable bonds is 6. The van der Waals surface area contributed by atoms with E-state index in [9.17, 15) is 0 Å². The Morgan fingerprint density at radius 2 is 1.08 bits per heavy atom. The standard InChI is InChI=1S/2C12H11.Hf.2H/c2*1-2-6-11(7-3-1)10-12-8-4-5-9-12;;;/h2*1-4,6-8H,5,10H2;;;/q;;;2*-1. The molecule has 0 bridgehead atoms. The fraction of sp³-hybridized carbons (Fsp3) is 0.167. The molecule has 2 aliphatic rings. The van der Waals surface area contributed by atoms with Gasteiger partial charge in [0.1, 0.15) is 0 Å². The van der Waals surface area contributed by atoms with Crippen LogP contribution < -0.4 is 0 Å². The van der Waals surface area contributed by atoms with E-state index in [1.54, 1.807) is 17.8 Å². The Bertz CT molecular complexity index is 788. The van der Waals surface area contributed by atoms with Gasteiger partial charge < -0.3 is 2.85 Å². The topological polar surface area (TPSA) is 0 Å². The number of benzene rings is 2. The Kier molecular flexibility index (Phi) is 5.42. The minimum Gasteiger partial charge on any atom is -1.00 e. The van der Waals surface area contributed by atoms with Crippen molar-refractivity contribution in [3.05, 3.63) is 114 Å². The van der Waals surface area contributed by atoms with E-state index in [2.05, 4.69) is 85.0 Å². The van der Waals surface area contributed by atoms with Crippen molar-refractivity contribution in [2.75, 3.05) is 0 Å². The monoisotopic (exact) mass is 492 g/mol. The van der Waals surface area contributed by atoms with E-state index in [0.717, 1.165) is 12.8 Å². The molecular weight excluding hydrogens is 467 g/mol. The SMILES string of the molecule is C1=CC(Cc2ccccc2)=[C]([Hf][C]2=C(Cc3ccccc3)C=CC2)C1.[H-].[H-]. The summed E-state index contributed by atoms with van der Waals surface area (Å²) >= 11 is -0.911. The van der Waals surface area contributed by atoms with Crippen molar-refractivity contribution in [3.63, 3.8) is 0 Å². The third kappa shape index (κ3) is 4.27. The van der Waals surface area contributed by atoms with Gasteiger partial charge in [0.2, 0.25) is 0 Å². The third-order valence-corrected chi connectivity index (χ3v) is 10.8. The first-order valence-corrected chi connectivity index (χ1v) is 12.6. The van der Waals surface area contributed by atoms with Crippen LogP contribution in [0, 0.1) is 0 Å². The van der Waals surface area contributed by atoms with Crippen LogP contribution in [0.5, 0.6) is 0 Å². The van der Waals surface area contributed by atoms with Crippen LogP contribution in [0.3, 0.4) is 0 Å². The van der Waals surface area contributed by atoms with Crippen molar-refractivity contribution >= 4 is 0 Å². The van der Waals surface area contributed by atoms with E-state index < -0.39 is 22.9 Å². The Morgan fingerprint density at radius 1 is 0.640 bits per heavy atom. The van der Waals surface area contributed by atoms with Gasteiger partial charge in [0.05, 0.1) is 0 Å². The zero-order valence-corrected chi connectivity index (χ0v) is 18.0. The molecule has 25 heavy (non-hydrogen) atoms. The normalized spacial score (nSPS) is 16.2. The Morgan fingerprint density at radius 3 is 1.52 bits per heavy atom. The summed E-state index contributed by atoms with van der Waals surface area (Å²) in [6.07, 6.45) is 14.1. The average molecular weight is 491 g/mol. The van der Waals surface area contributed by atoms with Crippen LogP contribution in [-0.2, 0) is 35.7 Å². The molecular formula is C24H24Hf-2. The summed E-state index contributed by atoms with van der Waals surface area (Å²) in [6, 6.07) is 21.8. The second kappa shape index (κ2) is 8.10. The van der Waals surface area contributed by atoms with Gasteiger partial charge in [0.15, 0.2) is 0 Å². The van der Waals surface area contributed by atoms with Gasteiger partial charge in [-0.25, -0.2) is 0 Å². The number of hydrogen-bond donors (Lipinski definition) is 0. The molecule has 0 amide bonds. The van der Waals surface area contributed by atoms with Crippen molar-refractivity contribution in [3.8, 4) is 0 Å². The van der Waals surface area contributed by atoms with Crippen molar-refractivity contribution in [1.82, 2.24) is 0 Å². The first kappa shape index (κ1) is 16.7. The van der Waals surface area contributed by atoms with Gasteiger partial charge in [-0.15, -0.1) is 0 Å². The first-order valence-electron chi connectivity index (χ1n) is 9.00. The van der Waals surface area contributed by atoms with Crippen LogP contribution in [0.25, 0.3) is 0 Å². The summed E-state index contributed by atoms with van der Waals surface area (Å²) in [5.41, 5.74) is 6.09. The minimum absolute atomic E-state index is 0. The van der Waals surface area contributed by atoms with Crippen LogP contribution in [0.4, 0.5) is 0 Å². The Balaban J connectivity index is 0.00000131. The Hall–Kier alpha value is -1.73. The zero-order chi connectivity index (χ0) is 16.9. The second-order valence-corrected chi connectivity index (χ2v) is 11.9. The van der Waals surface area contributed by atoms with E-state index in [0.29, 0.717) is 0 Å². The van der Waals surface area contributed by atoms with E-state index in [-0.39, 0.29) is 2.85 Å².